The predicted octanol–water partition coefficient (Wildman–Crippen LogP) is 3.80. The molecule has 1 aromatic heterocycles. The van der Waals surface area contributed by atoms with Crippen LogP contribution in [0.5, 0.6) is 11.5 Å². The molecule has 22 heavy (non-hydrogen) atoms. The summed E-state index contributed by atoms with van der Waals surface area (Å²) in [6, 6.07) is 12.5. The van der Waals surface area contributed by atoms with Crippen molar-refractivity contribution in [3.63, 3.8) is 0 Å². The highest BCUT2D eigenvalue weighted by Gasteiger charge is 2.15. The van der Waals surface area contributed by atoms with Gasteiger partial charge >= 0.3 is 0 Å². The number of amides is 1. The lowest BCUT2D eigenvalue weighted by molar-refractivity contribution is 0.102. The summed E-state index contributed by atoms with van der Waals surface area (Å²) in [4.78, 5) is 15.4. The molecule has 0 unspecified atom stereocenters. The lowest BCUT2D eigenvalue weighted by Crippen LogP contribution is -2.12. The van der Waals surface area contributed by atoms with Gasteiger partial charge in [0.1, 0.15) is 5.69 Å². The van der Waals surface area contributed by atoms with E-state index < -0.39 is 0 Å². The molecule has 2 N–H and O–H groups in total. The number of fused-ring (bicyclic) bond motifs is 2. The monoisotopic (exact) mass is 314 g/mol. The normalized spacial score (nSPS) is 12.6. The van der Waals surface area contributed by atoms with Gasteiger partial charge in [-0.1, -0.05) is 11.6 Å². The van der Waals surface area contributed by atoms with Gasteiger partial charge in [0, 0.05) is 27.7 Å². The third kappa shape index (κ3) is 2.25. The molecule has 5 nitrogen and oxygen atoms in total. The van der Waals surface area contributed by atoms with Crippen molar-refractivity contribution >= 4 is 34.1 Å². The highest BCUT2D eigenvalue weighted by atomic mass is 35.5. The minimum Gasteiger partial charge on any atom is -0.454 e. The van der Waals surface area contributed by atoms with Crippen LogP contribution in [0.4, 0.5) is 5.69 Å². The van der Waals surface area contributed by atoms with E-state index in [-0.39, 0.29) is 12.7 Å². The van der Waals surface area contributed by atoms with Crippen LogP contribution < -0.4 is 14.8 Å². The Morgan fingerprint density at radius 3 is 2.86 bits per heavy atom. The Kier molecular flexibility index (Phi) is 2.94. The van der Waals surface area contributed by atoms with Gasteiger partial charge in [0.2, 0.25) is 6.79 Å². The number of rotatable bonds is 2. The van der Waals surface area contributed by atoms with E-state index in [1.54, 1.807) is 30.3 Å². The maximum absolute atomic E-state index is 12.3. The lowest BCUT2D eigenvalue weighted by Gasteiger charge is -2.04. The molecule has 0 fully saturated rings. The first kappa shape index (κ1) is 13.0. The number of hydrogen-bond acceptors (Lipinski definition) is 3. The van der Waals surface area contributed by atoms with Gasteiger partial charge in [-0.05, 0) is 36.4 Å². The Balaban J connectivity index is 1.60. The van der Waals surface area contributed by atoms with Gasteiger partial charge in [-0.15, -0.1) is 0 Å². The number of carbonyl (C=O) groups excluding carboxylic acids is 1. The van der Waals surface area contributed by atoms with E-state index in [4.69, 9.17) is 21.1 Å². The molecule has 0 saturated heterocycles. The van der Waals surface area contributed by atoms with Gasteiger partial charge in [0.15, 0.2) is 11.5 Å². The average molecular weight is 315 g/mol. The van der Waals surface area contributed by atoms with Crippen molar-refractivity contribution < 1.29 is 14.3 Å². The smallest absolute Gasteiger partial charge is 0.272 e. The number of benzene rings is 2. The fourth-order valence-electron chi connectivity index (χ4n) is 2.40. The molecule has 1 aliphatic heterocycles. The second-order valence-corrected chi connectivity index (χ2v) is 5.37. The minimum absolute atomic E-state index is 0.204. The van der Waals surface area contributed by atoms with Crippen LogP contribution in [-0.4, -0.2) is 17.7 Å². The Bertz CT molecular complexity index is 888. The third-order valence-electron chi connectivity index (χ3n) is 3.46. The van der Waals surface area contributed by atoms with Gasteiger partial charge in [-0.2, -0.15) is 0 Å². The fraction of sp³-hybridized carbons (Fsp3) is 0.0625. The maximum atomic E-state index is 12.3. The first-order chi connectivity index (χ1) is 10.7. The molecule has 0 aliphatic carbocycles. The van der Waals surface area contributed by atoms with E-state index in [1.807, 2.05) is 12.1 Å². The summed E-state index contributed by atoms with van der Waals surface area (Å²) >= 11 is 5.95. The van der Waals surface area contributed by atoms with Crippen molar-refractivity contribution in [3.8, 4) is 11.5 Å². The molecule has 1 aliphatic rings. The van der Waals surface area contributed by atoms with Gasteiger partial charge in [0.25, 0.3) is 5.91 Å². The Labute approximate surface area is 130 Å². The molecule has 0 spiro atoms. The van der Waals surface area contributed by atoms with E-state index in [2.05, 4.69) is 10.3 Å². The average Bonchev–Trinajstić information content (AvgIpc) is 3.12. The molecule has 0 radical (unpaired) electrons. The summed E-state index contributed by atoms with van der Waals surface area (Å²) in [7, 11) is 0. The number of aromatic nitrogens is 1. The van der Waals surface area contributed by atoms with Gasteiger partial charge in [0.05, 0.1) is 0 Å². The van der Waals surface area contributed by atoms with Crippen LogP contribution in [0.15, 0.2) is 42.5 Å². The zero-order valence-corrected chi connectivity index (χ0v) is 12.1. The van der Waals surface area contributed by atoms with Crippen LogP contribution in [0.25, 0.3) is 10.9 Å². The standard InChI is InChI=1S/C16H11ClN2O3/c17-10-1-3-12-9(5-10)6-13(19-12)16(20)18-11-2-4-14-15(7-11)22-8-21-14/h1-7,19H,8H2,(H,18,20). The van der Waals surface area contributed by atoms with Crippen LogP contribution in [0.1, 0.15) is 10.5 Å². The zero-order valence-electron chi connectivity index (χ0n) is 11.4. The third-order valence-corrected chi connectivity index (χ3v) is 3.69. The SMILES string of the molecule is O=C(Nc1ccc2c(c1)OCO2)c1cc2cc(Cl)ccc2[nH]1. The van der Waals surface area contributed by atoms with Crippen molar-refractivity contribution in [3.05, 3.63) is 53.2 Å². The van der Waals surface area contributed by atoms with Crippen LogP contribution in [-0.2, 0) is 0 Å². The van der Waals surface area contributed by atoms with Crippen molar-refractivity contribution in [2.24, 2.45) is 0 Å². The molecule has 2 heterocycles. The van der Waals surface area contributed by atoms with Crippen molar-refractivity contribution in [1.29, 1.82) is 0 Å². The number of halogens is 1. The number of H-pyrrole nitrogens is 1. The summed E-state index contributed by atoms with van der Waals surface area (Å²) in [6.07, 6.45) is 0. The highest BCUT2D eigenvalue weighted by molar-refractivity contribution is 6.31. The second-order valence-electron chi connectivity index (χ2n) is 4.94. The Hall–Kier alpha value is -2.66. The van der Waals surface area contributed by atoms with Crippen molar-refractivity contribution in [1.82, 2.24) is 4.98 Å². The summed E-state index contributed by atoms with van der Waals surface area (Å²) < 4.78 is 10.5. The van der Waals surface area contributed by atoms with E-state index in [1.165, 1.54) is 0 Å². The number of aromatic amines is 1. The molecule has 0 bridgehead atoms. The fourth-order valence-corrected chi connectivity index (χ4v) is 2.58. The molecule has 2 aromatic carbocycles. The van der Waals surface area contributed by atoms with E-state index in [9.17, 15) is 4.79 Å². The van der Waals surface area contributed by atoms with Crippen LogP contribution in [0, 0.1) is 0 Å². The molecule has 0 atom stereocenters. The van der Waals surface area contributed by atoms with Crippen LogP contribution in [0.2, 0.25) is 5.02 Å². The molecule has 1 amide bonds. The molecule has 0 saturated carbocycles. The number of ether oxygens (including phenoxy) is 2. The molecule has 110 valence electrons. The van der Waals surface area contributed by atoms with Crippen molar-refractivity contribution in [2.45, 2.75) is 0 Å². The first-order valence-corrected chi connectivity index (χ1v) is 7.06. The number of carbonyl (C=O) groups is 1. The lowest BCUT2D eigenvalue weighted by atomic mass is 10.2. The number of hydrogen-bond donors (Lipinski definition) is 2. The molecule has 4 rings (SSSR count). The molecular formula is C16H11ClN2O3. The summed E-state index contributed by atoms with van der Waals surface area (Å²) in [6.45, 7) is 0.204. The van der Waals surface area contributed by atoms with Gasteiger partial charge in [-0.3, -0.25) is 4.79 Å². The quantitative estimate of drug-likeness (QED) is 0.756. The summed E-state index contributed by atoms with van der Waals surface area (Å²) in [5, 5.41) is 4.35. The largest absolute Gasteiger partial charge is 0.454 e. The first-order valence-electron chi connectivity index (χ1n) is 6.68. The molecular weight excluding hydrogens is 304 g/mol. The number of nitrogens with one attached hydrogen (secondary N) is 2. The zero-order chi connectivity index (χ0) is 15.1. The minimum atomic E-state index is -0.230. The van der Waals surface area contributed by atoms with E-state index in [0.717, 1.165) is 10.9 Å². The summed E-state index contributed by atoms with van der Waals surface area (Å²) in [5.74, 6) is 1.07. The second kappa shape index (κ2) is 4.96. The van der Waals surface area contributed by atoms with Crippen LogP contribution >= 0.6 is 11.6 Å². The van der Waals surface area contributed by atoms with E-state index >= 15 is 0 Å². The van der Waals surface area contributed by atoms with Crippen LogP contribution in [0.3, 0.4) is 0 Å². The highest BCUT2D eigenvalue weighted by Crippen LogP contribution is 2.34. The molecule has 3 aromatic rings. The van der Waals surface area contributed by atoms with Gasteiger partial charge in [-0.25, -0.2) is 0 Å². The Morgan fingerprint density at radius 1 is 1.09 bits per heavy atom. The topological polar surface area (TPSA) is 63.4 Å². The molecule has 6 heteroatoms. The van der Waals surface area contributed by atoms with Crippen molar-refractivity contribution in [2.75, 3.05) is 12.1 Å². The Morgan fingerprint density at radius 2 is 1.95 bits per heavy atom. The van der Waals surface area contributed by atoms with E-state index in [0.29, 0.717) is 27.9 Å². The summed E-state index contributed by atoms with van der Waals surface area (Å²) in [5.41, 5.74) is 1.97. The maximum Gasteiger partial charge on any atom is 0.272 e. The van der Waals surface area contributed by atoms with Gasteiger partial charge < -0.3 is 19.8 Å². The predicted molar refractivity (Wildman–Crippen MR) is 83.8 cm³/mol. The number of anilines is 1.